The quantitative estimate of drug-likeness (QED) is 0.716. The molecule has 2 aliphatic heterocycles. The Labute approximate surface area is 137 Å². The first-order valence-electron chi connectivity index (χ1n) is 7.54. The van der Waals surface area contributed by atoms with Crippen molar-refractivity contribution in [3.05, 3.63) is 34.3 Å². The van der Waals surface area contributed by atoms with Gasteiger partial charge in [-0.05, 0) is 43.0 Å². The molecular weight excluding hydrogens is 331 g/mol. The first-order chi connectivity index (χ1) is 10.7. The number of halogens is 4. The lowest BCUT2D eigenvalue weighted by molar-refractivity contribution is -0.194. The van der Waals surface area contributed by atoms with Crippen molar-refractivity contribution in [3.63, 3.8) is 0 Å². The number of fused-ring (bicyclic) bond motifs is 2. The number of hydrogen-bond acceptors (Lipinski definition) is 2. The van der Waals surface area contributed by atoms with Crippen LogP contribution in [0, 0.1) is 0 Å². The first kappa shape index (κ1) is 16.6. The normalized spacial score (nSPS) is 27.9. The number of carbonyl (C=O) groups excluding carboxylic acids is 1. The molecule has 1 saturated heterocycles. The predicted molar refractivity (Wildman–Crippen MR) is 79.3 cm³/mol. The Kier molecular flexibility index (Phi) is 4.09. The Hall–Kier alpha value is -1.27. The zero-order valence-corrected chi connectivity index (χ0v) is 13.4. The summed E-state index contributed by atoms with van der Waals surface area (Å²) in [6.45, 7) is 2.17. The van der Waals surface area contributed by atoms with Crippen LogP contribution in [-0.2, 0) is 21.6 Å². The summed E-state index contributed by atoms with van der Waals surface area (Å²) < 4.78 is 44.1. The molecule has 0 unspecified atom stereocenters. The molecule has 2 atom stereocenters. The molecule has 0 aromatic heterocycles. The van der Waals surface area contributed by atoms with Crippen molar-refractivity contribution in [1.82, 2.24) is 4.90 Å². The molecular formula is C16H17ClF3NO2. The summed E-state index contributed by atoms with van der Waals surface area (Å²) >= 11 is 6.09. The molecule has 0 radical (unpaired) electrons. The van der Waals surface area contributed by atoms with Gasteiger partial charge >= 0.3 is 12.1 Å². The van der Waals surface area contributed by atoms with Gasteiger partial charge in [0, 0.05) is 24.0 Å². The fourth-order valence-electron chi connectivity index (χ4n) is 3.68. The minimum Gasteiger partial charge on any atom is -0.370 e. The molecule has 1 aromatic carbocycles. The highest BCUT2D eigenvalue weighted by molar-refractivity contribution is 6.30. The van der Waals surface area contributed by atoms with Gasteiger partial charge < -0.3 is 9.64 Å². The van der Waals surface area contributed by atoms with E-state index in [4.69, 9.17) is 16.3 Å². The standard InChI is InChI=1S/C16H17ClF3NO2/c1-10-9-15(5-6-21(10)14(22)16(18,19)20)13-8-12(17)3-2-11(13)4-7-23-15/h2-3,8,10H,4-7,9H2,1H3/t10-,15+/m0/s1. The van der Waals surface area contributed by atoms with Crippen LogP contribution in [0.15, 0.2) is 18.2 Å². The van der Waals surface area contributed by atoms with E-state index in [-0.39, 0.29) is 6.54 Å². The van der Waals surface area contributed by atoms with Crippen LogP contribution in [-0.4, -0.2) is 36.2 Å². The third-order valence-electron chi connectivity index (χ3n) is 4.73. The number of carbonyl (C=O) groups is 1. The van der Waals surface area contributed by atoms with Gasteiger partial charge in [0.05, 0.1) is 12.2 Å². The van der Waals surface area contributed by atoms with Gasteiger partial charge in [-0.25, -0.2) is 0 Å². The maximum absolute atomic E-state index is 12.7. The van der Waals surface area contributed by atoms with E-state index >= 15 is 0 Å². The van der Waals surface area contributed by atoms with E-state index in [1.807, 2.05) is 18.2 Å². The second-order valence-electron chi connectivity index (χ2n) is 6.19. The first-order valence-corrected chi connectivity index (χ1v) is 7.91. The van der Waals surface area contributed by atoms with Crippen LogP contribution in [0.25, 0.3) is 0 Å². The summed E-state index contributed by atoms with van der Waals surface area (Å²) in [7, 11) is 0. The third kappa shape index (κ3) is 2.94. The molecule has 1 aromatic rings. The Morgan fingerprint density at radius 1 is 1.43 bits per heavy atom. The van der Waals surface area contributed by atoms with Gasteiger partial charge in [-0.1, -0.05) is 17.7 Å². The highest BCUT2D eigenvalue weighted by Crippen LogP contribution is 2.44. The monoisotopic (exact) mass is 347 g/mol. The van der Waals surface area contributed by atoms with Crippen LogP contribution in [0.2, 0.25) is 5.02 Å². The maximum Gasteiger partial charge on any atom is 0.471 e. The number of amides is 1. The predicted octanol–water partition coefficient (Wildman–Crippen LogP) is 3.68. The highest BCUT2D eigenvalue weighted by Gasteiger charge is 2.50. The Balaban J connectivity index is 1.89. The minimum absolute atomic E-state index is 0.0193. The van der Waals surface area contributed by atoms with Crippen LogP contribution in [0.5, 0.6) is 0 Å². The number of rotatable bonds is 0. The second-order valence-corrected chi connectivity index (χ2v) is 6.63. The van der Waals surface area contributed by atoms with E-state index in [1.54, 1.807) is 6.92 Å². The molecule has 0 aliphatic carbocycles. The Morgan fingerprint density at radius 2 is 2.17 bits per heavy atom. The van der Waals surface area contributed by atoms with E-state index in [1.165, 1.54) is 0 Å². The van der Waals surface area contributed by atoms with Crippen molar-refractivity contribution in [3.8, 4) is 0 Å². The lowest BCUT2D eigenvalue weighted by Gasteiger charge is -2.48. The second kappa shape index (κ2) is 5.67. The zero-order valence-electron chi connectivity index (χ0n) is 12.6. The number of ether oxygens (including phenoxy) is 1. The molecule has 1 spiro atoms. The fraction of sp³-hybridized carbons (Fsp3) is 0.562. The summed E-state index contributed by atoms with van der Waals surface area (Å²) in [5.41, 5.74) is 1.41. The summed E-state index contributed by atoms with van der Waals surface area (Å²) in [6, 6.07) is 5.04. The van der Waals surface area contributed by atoms with Gasteiger partial charge in [0.2, 0.25) is 0 Å². The van der Waals surface area contributed by atoms with Crippen LogP contribution in [0.4, 0.5) is 13.2 Å². The highest BCUT2D eigenvalue weighted by atomic mass is 35.5. The number of alkyl halides is 3. The van der Waals surface area contributed by atoms with E-state index < -0.39 is 23.7 Å². The van der Waals surface area contributed by atoms with E-state index in [0.717, 1.165) is 22.4 Å². The van der Waals surface area contributed by atoms with Crippen molar-refractivity contribution in [2.45, 2.75) is 44.0 Å². The molecule has 1 fully saturated rings. The summed E-state index contributed by atoms with van der Waals surface area (Å²) in [5.74, 6) is -1.78. The molecule has 2 aliphatic rings. The van der Waals surface area contributed by atoms with Gasteiger partial charge in [-0.15, -0.1) is 0 Å². The molecule has 0 bridgehead atoms. The smallest absolute Gasteiger partial charge is 0.370 e. The average molecular weight is 348 g/mol. The van der Waals surface area contributed by atoms with Gasteiger partial charge in [-0.3, -0.25) is 4.79 Å². The molecule has 2 heterocycles. The van der Waals surface area contributed by atoms with Gasteiger partial charge in [0.1, 0.15) is 0 Å². The molecule has 3 rings (SSSR count). The topological polar surface area (TPSA) is 29.5 Å². The average Bonchev–Trinajstić information content (AvgIpc) is 2.47. The number of piperidine rings is 1. The SMILES string of the molecule is C[C@H]1C[C@@]2(CCN1C(=O)C(F)(F)F)OCCc1ccc(Cl)cc12. The molecule has 3 nitrogen and oxygen atoms in total. The summed E-state index contributed by atoms with van der Waals surface area (Å²) in [6.07, 6.45) is -3.41. The summed E-state index contributed by atoms with van der Waals surface area (Å²) in [5, 5.41) is 0.579. The number of hydrogen-bond donors (Lipinski definition) is 0. The zero-order chi connectivity index (χ0) is 16.8. The van der Waals surface area contributed by atoms with E-state index in [2.05, 4.69) is 0 Å². The maximum atomic E-state index is 12.7. The van der Waals surface area contributed by atoms with Gasteiger partial charge in [0.15, 0.2) is 0 Å². The van der Waals surface area contributed by atoms with E-state index in [9.17, 15) is 18.0 Å². The molecule has 1 amide bonds. The molecule has 23 heavy (non-hydrogen) atoms. The van der Waals surface area contributed by atoms with Crippen molar-refractivity contribution in [2.75, 3.05) is 13.2 Å². The number of benzene rings is 1. The van der Waals surface area contributed by atoms with Gasteiger partial charge in [-0.2, -0.15) is 13.2 Å². The van der Waals surface area contributed by atoms with Crippen molar-refractivity contribution in [1.29, 1.82) is 0 Å². The number of likely N-dealkylation sites (tertiary alicyclic amines) is 1. The largest absolute Gasteiger partial charge is 0.471 e. The van der Waals surface area contributed by atoms with Crippen LogP contribution < -0.4 is 0 Å². The van der Waals surface area contributed by atoms with Crippen LogP contribution in [0.3, 0.4) is 0 Å². The van der Waals surface area contributed by atoms with Gasteiger partial charge in [0.25, 0.3) is 0 Å². The lowest BCUT2D eigenvalue weighted by Crippen LogP contribution is -2.55. The summed E-state index contributed by atoms with van der Waals surface area (Å²) in [4.78, 5) is 12.4. The van der Waals surface area contributed by atoms with Crippen LogP contribution in [0.1, 0.15) is 30.9 Å². The Bertz CT molecular complexity index is 634. The lowest BCUT2D eigenvalue weighted by atomic mass is 9.77. The van der Waals surface area contributed by atoms with E-state index in [0.29, 0.717) is 24.5 Å². The van der Waals surface area contributed by atoms with Crippen LogP contribution >= 0.6 is 11.6 Å². The van der Waals surface area contributed by atoms with Crippen molar-refractivity contribution >= 4 is 17.5 Å². The molecule has 126 valence electrons. The van der Waals surface area contributed by atoms with Crippen molar-refractivity contribution in [2.24, 2.45) is 0 Å². The number of nitrogens with zero attached hydrogens (tertiary/aromatic N) is 1. The van der Waals surface area contributed by atoms with Crippen molar-refractivity contribution < 1.29 is 22.7 Å². The Morgan fingerprint density at radius 3 is 2.83 bits per heavy atom. The minimum atomic E-state index is -4.84. The molecule has 0 N–H and O–H groups in total. The molecule has 7 heteroatoms. The third-order valence-corrected chi connectivity index (χ3v) is 4.96. The molecule has 0 saturated carbocycles. The fourth-order valence-corrected chi connectivity index (χ4v) is 3.85.